The minimum absolute atomic E-state index is 0.000769. The number of hydrogen-bond donors (Lipinski definition) is 2. The van der Waals surface area contributed by atoms with E-state index in [0.29, 0.717) is 23.0 Å². The molecule has 0 bridgehead atoms. The van der Waals surface area contributed by atoms with Crippen LogP contribution >= 0.6 is 0 Å². The highest BCUT2D eigenvalue weighted by Gasteiger charge is 2.32. The average Bonchev–Trinajstić information content (AvgIpc) is 3.58. The third kappa shape index (κ3) is 5.73. The fraction of sp³-hybridized carbons (Fsp3) is 0.111. The molecule has 0 amide bonds. The van der Waals surface area contributed by atoms with Crippen LogP contribution in [0.4, 0.5) is 49.2 Å². The molecule has 0 saturated carbocycles. The molecule has 2 N–H and O–H groups in total. The van der Waals surface area contributed by atoms with Crippen molar-refractivity contribution in [3.05, 3.63) is 89.0 Å². The molecule has 16 heteroatoms. The zero-order valence-corrected chi connectivity index (χ0v) is 21.6. The number of nitrogens with zero attached hydrogens (tertiary/aromatic N) is 7. The third-order valence-electron chi connectivity index (χ3n) is 6.02. The number of rotatable bonds is 4. The lowest BCUT2D eigenvalue weighted by atomic mass is 10.1. The van der Waals surface area contributed by atoms with Gasteiger partial charge in [-0.3, -0.25) is 4.98 Å². The zero-order valence-electron chi connectivity index (χ0n) is 21.6. The van der Waals surface area contributed by atoms with Gasteiger partial charge in [-0.05, 0) is 59.3 Å². The summed E-state index contributed by atoms with van der Waals surface area (Å²) in [6.07, 6.45) is -4.47. The molecule has 0 aliphatic carbocycles. The van der Waals surface area contributed by atoms with Gasteiger partial charge in [-0.15, -0.1) is 5.10 Å². The van der Waals surface area contributed by atoms with Gasteiger partial charge in [-0.1, -0.05) is 17.0 Å². The number of fused-ring (bicyclic) bond motifs is 2. The zero-order chi connectivity index (χ0) is 30.4. The van der Waals surface area contributed by atoms with Gasteiger partial charge in [0.15, 0.2) is 11.2 Å². The molecule has 43 heavy (non-hydrogen) atoms. The molecule has 6 rings (SSSR count). The van der Waals surface area contributed by atoms with Crippen molar-refractivity contribution < 1.29 is 30.9 Å². The molecule has 1 aromatic carbocycles. The van der Waals surface area contributed by atoms with Crippen molar-refractivity contribution in [1.29, 1.82) is 0 Å². The standard InChI is InChI=1S/C27H15F6N9O/c1-14-6-16(26(28,29)30)8-18(7-14)37-25-23-24(43-39-25)20(4-2-15-3-5-22-38-40-41-42(22)13-15)21(12-35-23)36-19-9-17(10-34-11-19)27(31,32)33/h3,5-13,36H,1H3,(H,37,39). The first kappa shape index (κ1) is 27.4. The number of anilines is 4. The Hall–Kier alpha value is -5.72. The predicted octanol–water partition coefficient (Wildman–Crippen LogP) is 6.29. The van der Waals surface area contributed by atoms with Crippen molar-refractivity contribution >= 4 is 39.6 Å². The van der Waals surface area contributed by atoms with Crippen LogP contribution in [-0.2, 0) is 12.4 Å². The molecule has 0 radical (unpaired) electrons. The summed E-state index contributed by atoms with van der Waals surface area (Å²) in [4.78, 5) is 7.96. The Morgan fingerprint density at radius 3 is 2.44 bits per heavy atom. The molecule has 0 aliphatic heterocycles. The Labute approximate surface area is 236 Å². The Bertz CT molecular complexity index is 2050. The molecule has 10 nitrogen and oxygen atoms in total. The van der Waals surface area contributed by atoms with E-state index in [1.807, 2.05) is 0 Å². The van der Waals surface area contributed by atoms with Crippen LogP contribution in [0.1, 0.15) is 27.8 Å². The summed E-state index contributed by atoms with van der Waals surface area (Å²) in [7, 11) is 0. The fourth-order valence-corrected chi connectivity index (χ4v) is 4.11. The molecule has 216 valence electrons. The van der Waals surface area contributed by atoms with E-state index >= 15 is 0 Å². The number of nitrogens with one attached hydrogen (secondary N) is 2. The van der Waals surface area contributed by atoms with Crippen LogP contribution in [0, 0.1) is 18.8 Å². The lowest BCUT2D eigenvalue weighted by Crippen LogP contribution is -2.06. The van der Waals surface area contributed by atoms with Gasteiger partial charge in [0.05, 0.1) is 40.5 Å². The van der Waals surface area contributed by atoms with Crippen LogP contribution in [0.3, 0.4) is 0 Å². The van der Waals surface area contributed by atoms with Crippen LogP contribution in [0.15, 0.2) is 65.7 Å². The van der Waals surface area contributed by atoms with Crippen molar-refractivity contribution in [3.63, 3.8) is 0 Å². The number of halogens is 6. The second kappa shape index (κ2) is 10.3. The molecule has 0 unspecified atom stereocenters. The number of pyridine rings is 3. The molecule has 0 aliphatic rings. The Kier molecular flexibility index (Phi) is 6.56. The first-order valence-electron chi connectivity index (χ1n) is 12.2. The van der Waals surface area contributed by atoms with E-state index in [0.717, 1.165) is 18.2 Å². The molecule has 0 fully saturated rings. The Morgan fingerprint density at radius 1 is 0.860 bits per heavy atom. The van der Waals surface area contributed by atoms with Crippen LogP contribution in [0.25, 0.3) is 16.7 Å². The number of aromatic nitrogens is 7. The largest absolute Gasteiger partial charge is 0.417 e. The average molecular weight is 595 g/mol. The molecular formula is C27H15F6N9O. The third-order valence-corrected chi connectivity index (χ3v) is 6.02. The SMILES string of the molecule is Cc1cc(Nc2noc3c(C#Cc4ccc5nnnn5c4)c(Nc4cncc(C(F)(F)F)c4)cnc23)cc(C(F)(F)F)c1. The maximum Gasteiger partial charge on any atom is 0.417 e. The van der Waals surface area contributed by atoms with Gasteiger partial charge in [-0.25, -0.2) is 4.98 Å². The second-order valence-corrected chi connectivity index (χ2v) is 9.20. The first-order chi connectivity index (χ1) is 20.4. The van der Waals surface area contributed by atoms with E-state index in [9.17, 15) is 26.3 Å². The van der Waals surface area contributed by atoms with Gasteiger partial charge in [0.25, 0.3) is 0 Å². The minimum atomic E-state index is -4.63. The predicted molar refractivity (Wildman–Crippen MR) is 141 cm³/mol. The molecule has 0 spiro atoms. The number of aryl methyl sites for hydroxylation is 1. The van der Waals surface area contributed by atoms with E-state index in [1.165, 1.54) is 29.9 Å². The summed E-state index contributed by atoms with van der Waals surface area (Å²) in [6.45, 7) is 1.51. The summed E-state index contributed by atoms with van der Waals surface area (Å²) >= 11 is 0. The highest BCUT2D eigenvalue weighted by molar-refractivity contribution is 5.94. The molecule has 5 heterocycles. The molecule has 0 saturated heterocycles. The fourth-order valence-electron chi connectivity index (χ4n) is 4.11. The maximum atomic E-state index is 13.4. The van der Waals surface area contributed by atoms with E-state index in [4.69, 9.17) is 4.52 Å². The molecule has 6 aromatic rings. The van der Waals surface area contributed by atoms with Gasteiger partial charge < -0.3 is 15.2 Å². The molecule has 5 aromatic heterocycles. The summed E-state index contributed by atoms with van der Waals surface area (Å²) in [5, 5.41) is 20.8. The van der Waals surface area contributed by atoms with Crippen molar-refractivity contribution in [2.75, 3.05) is 10.6 Å². The van der Waals surface area contributed by atoms with E-state index in [-0.39, 0.29) is 39.5 Å². The minimum Gasteiger partial charge on any atom is -0.352 e. The van der Waals surface area contributed by atoms with Crippen LogP contribution < -0.4 is 10.6 Å². The van der Waals surface area contributed by atoms with Crippen LogP contribution in [0.2, 0.25) is 0 Å². The van der Waals surface area contributed by atoms with Gasteiger partial charge in [-0.2, -0.15) is 30.9 Å². The van der Waals surface area contributed by atoms with Gasteiger partial charge in [0.1, 0.15) is 0 Å². The van der Waals surface area contributed by atoms with E-state index < -0.39 is 23.5 Å². The summed E-state index contributed by atoms with van der Waals surface area (Å²) < 4.78 is 86.8. The normalized spacial score (nSPS) is 11.9. The number of alkyl halides is 6. The van der Waals surface area contributed by atoms with Crippen LogP contribution in [0.5, 0.6) is 0 Å². The maximum absolute atomic E-state index is 13.4. The van der Waals surface area contributed by atoms with Gasteiger partial charge in [0, 0.05) is 23.6 Å². The highest BCUT2D eigenvalue weighted by Crippen LogP contribution is 2.36. The number of tetrazole rings is 1. The molecular weight excluding hydrogens is 580 g/mol. The Balaban J connectivity index is 1.44. The summed E-state index contributed by atoms with van der Waals surface area (Å²) in [6, 6.07) is 7.56. The smallest absolute Gasteiger partial charge is 0.352 e. The number of hydrogen-bond acceptors (Lipinski definition) is 9. The molecule has 0 atom stereocenters. The second-order valence-electron chi connectivity index (χ2n) is 9.20. The van der Waals surface area contributed by atoms with E-state index in [1.54, 1.807) is 18.3 Å². The van der Waals surface area contributed by atoms with Gasteiger partial charge >= 0.3 is 12.4 Å². The summed E-state index contributed by atoms with van der Waals surface area (Å²) in [5.41, 5.74) is -0.00146. The lowest BCUT2D eigenvalue weighted by molar-refractivity contribution is -0.138. The number of benzene rings is 1. The van der Waals surface area contributed by atoms with Crippen molar-refractivity contribution in [2.24, 2.45) is 0 Å². The Morgan fingerprint density at radius 2 is 1.65 bits per heavy atom. The topological polar surface area (TPSA) is 119 Å². The summed E-state index contributed by atoms with van der Waals surface area (Å²) in [5.74, 6) is 5.85. The lowest BCUT2D eigenvalue weighted by Gasteiger charge is -2.12. The van der Waals surface area contributed by atoms with Crippen molar-refractivity contribution in [1.82, 2.24) is 35.2 Å². The van der Waals surface area contributed by atoms with Crippen molar-refractivity contribution in [2.45, 2.75) is 19.3 Å². The monoisotopic (exact) mass is 595 g/mol. The highest BCUT2D eigenvalue weighted by atomic mass is 19.4. The van der Waals surface area contributed by atoms with Crippen molar-refractivity contribution in [3.8, 4) is 11.8 Å². The quantitative estimate of drug-likeness (QED) is 0.179. The first-order valence-corrected chi connectivity index (χ1v) is 12.2. The van der Waals surface area contributed by atoms with Gasteiger partial charge in [0.2, 0.25) is 11.4 Å². The van der Waals surface area contributed by atoms with Crippen LogP contribution in [-0.4, -0.2) is 35.2 Å². The van der Waals surface area contributed by atoms with E-state index in [2.05, 4.69) is 53.1 Å².